The highest BCUT2D eigenvalue weighted by atomic mass is 32.2. The largest absolute Gasteiger partial charge is 0.511 e. The molecule has 1 aromatic heterocycles. The van der Waals surface area contributed by atoms with Gasteiger partial charge in [-0.2, -0.15) is 0 Å². The molecule has 2 heterocycles. The summed E-state index contributed by atoms with van der Waals surface area (Å²) in [6.07, 6.45) is -0.0439. The second kappa shape index (κ2) is 6.48. The summed E-state index contributed by atoms with van der Waals surface area (Å²) in [4.78, 5) is 11.3. The lowest BCUT2D eigenvalue weighted by Crippen LogP contribution is -2.13. The van der Waals surface area contributed by atoms with Gasteiger partial charge in [-0.1, -0.05) is 24.3 Å². The van der Waals surface area contributed by atoms with E-state index in [1.807, 2.05) is 0 Å². The average Bonchev–Trinajstić information content (AvgIpc) is 3.13. The Morgan fingerprint density at radius 3 is 2.59 bits per heavy atom. The van der Waals surface area contributed by atoms with E-state index in [1.165, 1.54) is 24.5 Å². The zero-order valence-corrected chi connectivity index (χ0v) is 14.7. The summed E-state index contributed by atoms with van der Waals surface area (Å²) in [5.41, 5.74) is 1.54. The van der Waals surface area contributed by atoms with Crippen molar-refractivity contribution in [1.29, 1.82) is 0 Å². The molecular weight excluding hydrogens is 372 g/mol. The molecule has 3 aromatic rings. The van der Waals surface area contributed by atoms with Crippen LogP contribution in [0, 0.1) is 0 Å². The molecule has 0 bridgehead atoms. The van der Waals surface area contributed by atoms with Crippen LogP contribution in [0.1, 0.15) is 11.3 Å². The molecule has 1 aliphatic rings. The van der Waals surface area contributed by atoms with Gasteiger partial charge < -0.3 is 19.0 Å². The van der Waals surface area contributed by atoms with Crippen LogP contribution in [0.2, 0.25) is 0 Å². The molecule has 1 aliphatic heterocycles. The van der Waals surface area contributed by atoms with Crippen LogP contribution in [0.5, 0.6) is 11.5 Å². The van der Waals surface area contributed by atoms with Gasteiger partial charge in [-0.3, -0.25) is 0 Å². The molecule has 0 aliphatic carbocycles. The lowest BCUT2D eigenvalue weighted by molar-refractivity contribution is 0.141. The van der Waals surface area contributed by atoms with Gasteiger partial charge in [-0.25, -0.2) is 13.2 Å². The fraction of sp³-hybridized carbons (Fsp3) is 0.105. The first-order chi connectivity index (χ1) is 13.0. The van der Waals surface area contributed by atoms with Gasteiger partial charge in [0.15, 0.2) is 21.3 Å². The number of rotatable bonds is 4. The number of carbonyl (C=O) groups is 1. The van der Waals surface area contributed by atoms with Crippen LogP contribution in [-0.2, 0) is 22.2 Å². The predicted molar refractivity (Wildman–Crippen MR) is 94.5 cm³/mol. The summed E-state index contributed by atoms with van der Waals surface area (Å²) in [5, 5.41) is 9.12. The SMILES string of the molecule is O=C(O)Oc1c(CS(=O)(=O)c2ccccc2)ccc2c1OCc1occc1-2. The van der Waals surface area contributed by atoms with Crippen molar-refractivity contribution >= 4 is 16.0 Å². The van der Waals surface area contributed by atoms with Crippen LogP contribution < -0.4 is 9.47 Å². The number of fused-ring (bicyclic) bond motifs is 3. The van der Waals surface area contributed by atoms with E-state index in [-0.39, 0.29) is 28.6 Å². The Bertz CT molecular complexity index is 1110. The zero-order chi connectivity index (χ0) is 19.0. The van der Waals surface area contributed by atoms with Crippen LogP contribution in [0.4, 0.5) is 4.79 Å². The van der Waals surface area contributed by atoms with Crippen molar-refractivity contribution in [3.63, 3.8) is 0 Å². The highest BCUT2D eigenvalue weighted by Crippen LogP contribution is 2.46. The molecule has 138 valence electrons. The average molecular weight is 386 g/mol. The van der Waals surface area contributed by atoms with Gasteiger partial charge in [0.05, 0.1) is 16.9 Å². The molecule has 0 fully saturated rings. The molecule has 1 N–H and O–H groups in total. The topological polar surface area (TPSA) is 103 Å². The van der Waals surface area contributed by atoms with Crippen molar-refractivity contribution in [2.45, 2.75) is 17.3 Å². The minimum atomic E-state index is -3.69. The minimum Gasteiger partial charge on any atom is -0.481 e. The number of benzene rings is 2. The fourth-order valence-corrected chi connectivity index (χ4v) is 4.39. The standard InChI is InChI=1S/C19H14O7S/c20-19(21)26-17-12(11-27(22,23)13-4-2-1-3-5-13)6-7-15-14-8-9-24-16(14)10-25-18(15)17/h1-9H,10-11H2,(H,20,21). The number of hydrogen-bond donors (Lipinski definition) is 1. The summed E-state index contributed by atoms with van der Waals surface area (Å²) in [7, 11) is -3.69. The van der Waals surface area contributed by atoms with Crippen molar-refractivity contribution in [2.75, 3.05) is 0 Å². The number of carboxylic acid groups (broad SMARTS) is 1. The molecule has 2 aromatic carbocycles. The molecule has 0 atom stereocenters. The van der Waals surface area contributed by atoms with E-state index >= 15 is 0 Å². The number of hydrogen-bond acceptors (Lipinski definition) is 6. The van der Waals surface area contributed by atoms with Crippen molar-refractivity contribution < 1.29 is 32.2 Å². The summed E-state index contributed by atoms with van der Waals surface area (Å²) in [6, 6.07) is 12.9. The molecule has 0 unspecified atom stereocenters. The van der Waals surface area contributed by atoms with E-state index in [1.54, 1.807) is 30.3 Å². The molecular formula is C19H14O7S. The lowest BCUT2D eigenvalue weighted by Gasteiger charge is -2.21. The monoisotopic (exact) mass is 386 g/mol. The third-order valence-corrected chi connectivity index (χ3v) is 5.90. The van der Waals surface area contributed by atoms with Crippen LogP contribution in [-0.4, -0.2) is 19.7 Å². The Hall–Kier alpha value is -3.26. The van der Waals surface area contributed by atoms with Gasteiger partial charge in [-0.05, 0) is 24.3 Å². The van der Waals surface area contributed by atoms with E-state index in [0.29, 0.717) is 11.3 Å². The second-order valence-corrected chi connectivity index (χ2v) is 7.91. The maximum Gasteiger partial charge on any atom is 0.511 e. The summed E-state index contributed by atoms with van der Waals surface area (Å²) >= 11 is 0. The molecule has 0 spiro atoms. The maximum atomic E-state index is 12.7. The lowest BCUT2D eigenvalue weighted by atomic mass is 10.0. The normalized spacial score (nSPS) is 12.6. The van der Waals surface area contributed by atoms with Crippen LogP contribution in [0.25, 0.3) is 11.1 Å². The third-order valence-electron chi connectivity index (χ3n) is 4.21. The molecule has 0 amide bonds. The van der Waals surface area contributed by atoms with E-state index in [9.17, 15) is 13.2 Å². The zero-order valence-electron chi connectivity index (χ0n) is 13.9. The summed E-state index contributed by atoms with van der Waals surface area (Å²) < 4.78 is 41.3. The molecule has 0 saturated heterocycles. The maximum absolute atomic E-state index is 12.7. The van der Waals surface area contributed by atoms with Gasteiger partial charge in [0, 0.05) is 16.7 Å². The fourth-order valence-electron chi connectivity index (χ4n) is 3.02. The molecule has 0 radical (unpaired) electrons. The van der Waals surface area contributed by atoms with Gasteiger partial charge in [-0.15, -0.1) is 0 Å². The van der Waals surface area contributed by atoms with E-state index in [2.05, 4.69) is 0 Å². The van der Waals surface area contributed by atoms with Gasteiger partial charge in [0.2, 0.25) is 0 Å². The molecule has 7 nitrogen and oxygen atoms in total. The van der Waals surface area contributed by atoms with E-state index < -0.39 is 21.7 Å². The quantitative estimate of drug-likeness (QED) is 0.536. The molecule has 27 heavy (non-hydrogen) atoms. The molecule has 8 heteroatoms. The van der Waals surface area contributed by atoms with Crippen molar-refractivity contribution in [3.05, 3.63) is 66.1 Å². The van der Waals surface area contributed by atoms with Gasteiger partial charge in [0.1, 0.15) is 12.4 Å². The summed E-state index contributed by atoms with van der Waals surface area (Å²) in [6.45, 7) is 0.0974. The van der Waals surface area contributed by atoms with Crippen molar-refractivity contribution in [2.24, 2.45) is 0 Å². The number of furan rings is 1. The number of ether oxygens (including phenoxy) is 2. The Balaban J connectivity index is 1.81. The van der Waals surface area contributed by atoms with E-state index in [4.69, 9.17) is 19.0 Å². The Morgan fingerprint density at radius 1 is 1.07 bits per heavy atom. The Morgan fingerprint density at radius 2 is 1.85 bits per heavy atom. The first-order valence-corrected chi connectivity index (χ1v) is 9.65. The Labute approximate surface area is 154 Å². The summed E-state index contributed by atoms with van der Waals surface area (Å²) in [5.74, 6) is 0.251. The van der Waals surface area contributed by atoms with Crippen LogP contribution in [0.3, 0.4) is 0 Å². The predicted octanol–water partition coefficient (Wildman–Crippen LogP) is 3.87. The molecule has 0 saturated carbocycles. The number of sulfone groups is 1. The highest BCUT2D eigenvalue weighted by Gasteiger charge is 2.28. The third kappa shape index (κ3) is 3.15. The minimum absolute atomic E-state index is 0.0974. The second-order valence-electron chi connectivity index (χ2n) is 5.92. The Kier molecular flexibility index (Phi) is 4.12. The first-order valence-electron chi connectivity index (χ1n) is 8.00. The van der Waals surface area contributed by atoms with Gasteiger partial charge >= 0.3 is 6.16 Å². The van der Waals surface area contributed by atoms with E-state index in [0.717, 1.165) is 5.56 Å². The smallest absolute Gasteiger partial charge is 0.481 e. The molecule has 4 rings (SSSR count). The van der Waals surface area contributed by atoms with Crippen LogP contribution in [0.15, 0.2) is 64.1 Å². The van der Waals surface area contributed by atoms with Gasteiger partial charge in [0.25, 0.3) is 0 Å². The first kappa shape index (κ1) is 17.2. The highest BCUT2D eigenvalue weighted by molar-refractivity contribution is 7.90. The van der Waals surface area contributed by atoms with Crippen LogP contribution >= 0.6 is 0 Å². The van der Waals surface area contributed by atoms with Crippen molar-refractivity contribution in [3.8, 4) is 22.6 Å². The van der Waals surface area contributed by atoms with Crippen molar-refractivity contribution in [1.82, 2.24) is 0 Å².